The normalized spacial score (nSPS) is 19.1. The first-order valence-electron chi connectivity index (χ1n) is 5.71. The van der Waals surface area contributed by atoms with E-state index in [4.69, 9.17) is 10.5 Å². The quantitative estimate of drug-likeness (QED) is 0.863. The molecule has 0 saturated carbocycles. The SMILES string of the molecule is CCC(C)(OC)c1nc(C(C)C(C)N)cs1. The lowest BCUT2D eigenvalue weighted by molar-refractivity contribution is -0.00170. The van der Waals surface area contributed by atoms with Gasteiger partial charge in [0.2, 0.25) is 0 Å². The van der Waals surface area contributed by atoms with Gasteiger partial charge in [-0.1, -0.05) is 13.8 Å². The molecule has 0 fully saturated rings. The minimum atomic E-state index is -0.263. The Kier molecular flexibility index (Phi) is 4.47. The van der Waals surface area contributed by atoms with Crippen LogP contribution in [0.15, 0.2) is 5.38 Å². The highest BCUT2D eigenvalue weighted by Crippen LogP contribution is 2.32. The minimum Gasteiger partial charge on any atom is -0.371 e. The largest absolute Gasteiger partial charge is 0.371 e. The highest BCUT2D eigenvalue weighted by Gasteiger charge is 2.28. The van der Waals surface area contributed by atoms with Crippen molar-refractivity contribution in [3.8, 4) is 0 Å². The first kappa shape index (κ1) is 13.6. The van der Waals surface area contributed by atoms with Crippen LogP contribution >= 0.6 is 11.3 Å². The lowest BCUT2D eigenvalue weighted by Crippen LogP contribution is -2.25. The summed E-state index contributed by atoms with van der Waals surface area (Å²) in [6.45, 7) is 8.31. The predicted molar refractivity (Wildman–Crippen MR) is 68.8 cm³/mol. The molecule has 1 rings (SSSR count). The smallest absolute Gasteiger partial charge is 0.125 e. The van der Waals surface area contributed by atoms with E-state index in [1.54, 1.807) is 18.4 Å². The molecular weight excluding hydrogens is 220 g/mol. The van der Waals surface area contributed by atoms with E-state index in [9.17, 15) is 0 Å². The number of thiazole rings is 1. The fraction of sp³-hybridized carbons (Fsp3) is 0.750. The Morgan fingerprint density at radius 2 is 2.19 bits per heavy atom. The van der Waals surface area contributed by atoms with Crippen LogP contribution in [0.2, 0.25) is 0 Å². The third-order valence-electron chi connectivity index (χ3n) is 3.35. The molecule has 0 radical (unpaired) electrons. The van der Waals surface area contributed by atoms with Crippen LogP contribution in [0, 0.1) is 0 Å². The van der Waals surface area contributed by atoms with E-state index in [0.717, 1.165) is 17.1 Å². The lowest BCUT2D eigenvalue weighted by Gasteiger charge is -2.23. The van der Waals surface area contributed by atoms with Crippen molar-refractivity contribution in [1.29, 1.82) is 0 Å². The zero-order chi connectivity index (χ0) is 12.3. The topological polar surface area (TPSA) is 48.1 Å². The summed E-state index contributed by atoms with van der Waals surface area (Å²) in [4.78, 5) is 4.66. The summed E-state index contributed by atoms with van der Waals surface area (Å²) in [5.41, 5.74) is 6.70. The Hall–Kier alpha value is -0.450. The van der Waals surface area contributed by atoms with E-state index >= 15 is 0 Å². The van der Waals surface area contributed by atoms with Crippen molar-refractivity contribution in [3.63, 3.8) is 0 Å². The maximum absolute atomic E-state index is 5.88. The molecule has 92 valence electrons. The standard InChI is InChI=1S/C12H22N2OS/c1-6-12(4,15-5)11-14-10(7-16-11)8(2)9(3)13/h7-9H,6,13H2,1-5H3. The van der Waals surface area contributed by atoms with Gasteiger partial charge < -0.3 is 10.5 Å². The highest BCUT2D eigenvalue weighted by atomic mass is 32.1. The van der Waals surface area contributed by atoms with Crippen molar-refractivity contribution >= 4 is 11.3 Å². The molecule has 3 unspecified atom stereocenters. The van der Waals surface area contributed by atoms with Gasteiger partial charge in [0.25, 0.3) is 0 Å². The average Bonchev–Trinajstić information content (AvgIpc) is 2.76. The Labute approximate surface area is 102 Å². The molecule has 4 heteroatoms. The van der Waals surface area contributed by atoms with E-state index in [2.05, 4.69) is 31.1 Å². The van der Waals surface area contributed by atoms with Crippen LogP contribution in [0.1, 0.15) is 50.7 Å². The number of hydrogen-bond acceptors (Lipinski definition) is 4. The molecule has 0 saturated heterocycles. The molecule has 1 aromatic heterocycles. The fourth-order valence-electron chi connectivity index (χ4n) is 1.39. The summed E-state index contributed by atoms with van der Waals surface area (Å²) in [5.74, 6) is 0.294. The molecular formula is C12H22N2OS. The molecule has 1 heterocycles. The van der Waals surface area contributed by atoms with Gasteiger partial charge in [-0.2, -0.15) is 0 Å². The monoisotopic (exact) mass is 242 g/mol. The summed E-state index contributed by atoms with van der Waals surface area (Å²) < 4.78 is 5.54. The van der Waals surface area contributed by atoms with Gasteiger partial charge in [0.15, 0.2) is 0 Å². The maximum atomic E-state index is 5.88. The summed E-state index contributed by atoms with van der Waals surface area (Å²) >= 11 is 1.66. The van der Waals surface area contributed by atoms with Crippen molar-refractivity contribution in [2.45, 2.75) is 51.7 Å². The summed E-state index contributed by atoms with van der Waals surface area (Å²) in [6.07, 6.45) is 0.920. The maximum Gasteiger partial charge on any atom is 0.125 e. The average molecular weight is 242 g/mol. The van der Waals surface area contributed by atoms with Crippen LogP contribution in [-0.4, -0.2) is 18.1 Å². The highest BCUT2D eigenvalue weighted by molar-refractivity contribution is 7.09. The van der Waals surface area contributed by atoms with Gasteiger partial charge in [-0.25, -0.2) is 4.98 Å². The Morgan fingerprint density at radius 3 is 2.62 bits per heavy atom. The van der Waals surface area contributed by atoms with Gasteiger partial charge in [-0.3, -0.25) is 0 Å². The number of rotatable bonds is 5. The molecule has 0 bridgehead atoms. The zero-order valence-corrected chi connectivity index (χ0v) is 11.6. The second-order valence-corrected chi connectivity index (χ2v) is 5.37. The fourth-order valence-corrected chi connectivity index (χ4v) is 2.53. The molecule has 1 aromatic rings. The zero-order valence-electron chi connectivity index (χ0n) is 10.8. The molecule has 0 spiro atoms. The molecule has 3 nitrogen and oxygen atoms in total. The molecule has 3 atom stereocenters. The third kappa shape index (κ3) is 2.62. The number of nitrogens with zero attached hydrogens (tertiary/aromatic N) is 1. The van der Waals surface area contributed by atoms with Crippen LogP contribution < -0.4 is 5.73 Å². The van der Waals surface area contributed by atoms with Crippen LogP contribution in [-0.2, 0) is 10.3 Å². The van der Waals surface area contributed by atoms with Gasteiger partial charge in [0, 0.05) is 24.4 Å². The van der Waals surface area contributed by atoms with Crippen LogP contribution in [0.3, 0.4) is 0 Å². The Bertz CT molecular complexity index is 332. The van der Waals surface area contributed by atoms with Gasteiger partial charge in [-0.05, 0) is 20.3 Å². The summed E-state index contributed by atoms with van der Waals surface area (Å²) in [6, 6.07) is 0.130. The van der Waals surface area contributed by atoms with Crippen LogP contribution in [0.25, 0.3) is 0 Å². The van der Waals surface area contributed by atoms with Crippen LogP contribution in [0.5, 0.6) is 0 Å². The van der Waals surface area contributed by atoms with Crippen molar-refractivity contribution < 1.29 is 4.74 Å². The molecule has 0 aliphatic carbocycles. The van der Waals surface area contributed by atoms with Gasteiger partial charge in [0.1, 0.15) is 10.6 Å². The third-order valence-corrected chi connectivity index (χ3v) is 4.46. The summed E-state index contributed by atoms with van der Waals surface area (Å²) in [7, 11) is 1.74. The molecule has 0 amide bonds. The predicted octanol–water partition coefficient (Wildman–Crippen LogP) is 2.87. The van der Waals surface area contributed by atoms with E-state index in [-0.39, 0.29) is 11.6 Å². The first-order chi connectivity index (χ1) is 7.44. The van der Waals surface area contributed by atoms with E-state index in [1.807, 2.05) is 6.92 Å². The number of nitrogens with two attached hydrogens (primary N) is 1. The molecule has 0 aliphatic rings. The van der Waals surface area contributed by atoms with Gasteiger partial charge >= 0.3 is 0 Å². The lowest BCUT2D eigenvalue weighted by atomic mass is 10.0. The minimum absolute atomic E-state index is 0.130. The van der Waals surface area contributed by atoms with Gasteiger partial charge in [-0.15, -0.1) is 11.3 Å². The van der Waals surface area contributed by atoms with E-state index in [1.165, 1.54) is 0 Å². The Balaban J connectivity index is 2.94. The number of ether oxygens (including phenoxy) is 1. The van der Waals surface area contributed by atoms with Gasteiger partial charge in [0.05, 0.1) is 5.69 Å². The second kappa shape index (κ2) is 5.25. The van der Waals surface area contributed by atoms with Crippen molar-refractivity contribution in [3.05, 3.63) is 16.1 Å². The number of methoxy groups -OCH3 is 1. The number of aromatic nitrogens is 1. The van der Waals surface area contributed by atoms with Crippen molar-refractivity contribution in [2.75, 3.05) is 7.11 Å². The first-order valence-corrected chi connectivity index (χ1v) is 6.59. The van der Waals surface area contributed by atoms with Crippen molar-refractivity contribution in [2.24, 2.45) is 5.73 Å². The Morgan fingerprint density at radius 1 is 1.56 bits per heavy atom. The van der Waals surface area contributed by atoms with Crippen LogP contribution in [0.4, 0.5) is 0 Å². The molecule has 16 heavy (non-hydrogen) atoms. The van der Waals surface area contributed by atoms with E-state index in [0.29, 0.717) is 5.92 Å². The molecule has 2 N–H and O–H groups in total. The second-order valence-electron chi connectivity index (χ2n) is 4.51. The molecule has 0 aliphatic heterocycles. The van der Waals surface area contributed by atoms with E-state index < -0.39 is 0 Å². The van der Waals surface area contributed by atoms with Crippen molar-refractivity contribution in [1.82, 2.24) is 4.98 Å². The molecule has 0 aromatic carbocycles. The number of hydrogen-bond donors (Lipinski definition) is 1. The summed E-state index contributed by atoms with van der Waals surface area (Å²) in [5, 5.41) is 3.14.